The lowest BCUT2D eigenvalue weighted by Gasteiger charge is -2.20. The van der Waals surface area contributed by atoms with Gasteiger partial charge in [0, 0.05) is 16.3 Å². The number of benzene rings is 3. The summed E-state index contributed by atoms with van der Waals surface area (Å²) in [5.41, 5.74) is 0.977. The predicted octanol–water partition coefficient (Wildman–Crippen LogP) is 5.12. The summed E-state index contributed by atoms with van der Waals surface area (Å²) < 4.78 is 40.5. The van der Waals surface area contributed by atoms with Crippen LogP contribution in [0, 0.1) is 0 Å². The Morgan fingerprint density at radius 2 is 1.76 bits per heavy atom. The first-order valence-corrected chi connectivity index (χ1v) is 11.6. The van der Waals surface area contributed by atoms with Gasteiger partial charge in [0.25, 0.3) is 0 Å². The van der Waals surface area contributed by atoms with Gasteiger partial charge in [-0.1, -0.05) is 36.9 Å². The van der Waals surface area contributed by atoms with Gasteiger partial charge in [-0.05, 0) is 37.4 Å². The molecule has 0 spiro atoms. The van der Waals surface area contributed by atoms with Gasteiger partial charge < -0.3 is 18.7 Å². The number of hydrogen-bond acceptors (Lipinski definition) is 7. The zero-order valence-corrected chi connectivity index (χ0v) is 19.6. The summed E-state index contributed by atoms with van der Waals surface area (Å²) in [4.78, 5) is 11.9. The van der Waals surface area contributed by atoms with Crippen molar-refractivity contribution in [2.45, 2.75) is 6.61 Å². The largest absolute Gasteiger partial charge is 0.496 e. The molecule has 8 nitrogen and oxygen atoms in total. The van der Waals surface area contributed by atoms with Crippen molar-refractivity contribution in [1.82, 2.24) is 5.09 Å². The predicted molar refractivity (Wildman–Crippen MR) is 126 cm³/mol. The van der Waals surface area contributed by atoms with Crippen molar-refractivity contribution in [3.63, 3.8) is 0 Å². The zero-order chi connectivity index (χ0) is 23.8. The Morgan fingerprint density at radius 3 is 2.36 bits per heavy atom. The van der Waals surface area contributed by atoms with E-state index in [0.717, 1.165) is 10.8 Å². The zero-order valence-electron chi connectivity index (χ0n) is 18.7. The van der Waals surface area contributed by atoms with Gasteiger partial charge in [-0.15, -0.1) is 0 Å². The summed E-state index contributed by atoms with van der Waals surface area (Å²) in [6, 6.07) is 15.5. The molecule has 0 fully saturated rings. The van der Waals surface area contributed by atoms with Crippen molar-refractivity contribution in [3.05, 3.63) is 78.4 Å². The van der Waals surface area contributed by atoms with E-state index in [2.05, 4.69) is 11.7 Å². The lowest BCUT2D eigenvalue weighted by molar-refractivity contribution is 0.0549. The Labute approximate surface area is 192 Å². The smallest absolute Gasteiger partial charge is 0.458 e. The topological polar surface area (TPSA) is 92.3 Å². The number of fused-ring (bicyclic) bond motifs is 1. The maximum absolute atomic E-state index is 13.2. The molecular formula is C24H26NO7P. The molecular weight excluding hydrogens is 445 g/mol. The third kappa shape index (κ3) is 5.73. The highest BCUT2D eigenvalue weighted by Gasteiger charge is 2.26. The fourth-order valence-corrected chi connectivity index (χ4v) is 4.17. The minimum atomic E-state index is -3.73. The molecule has 3 rings (SSSR count). The summed E-state index contributed by atoms with van der Waals surface area (Å²) in [5, 5.41) is 4.34. The maximum Gasteiger partial charge on any atom is 0.458 e. The van der Waals surface area contributed by atoms with Gasteiger partial charge in [0.05, 0.1) is 26.4 Å². The van der Waals surface area contributed by atoms with Crippen molar-refractivity contribution in [2.75, 3.05) is 27.9 Å². The highest BCUT2D eigenvalue weighted by molar-refractivity contribution is 7.52. The summed E-state index contributed by atoms with van der Waals surface area (Å²) in [5.74, 6) is 1.00. The lowest BCUT2D eigenvalue weighted by atomic mass is 10.0. The monoisotopic (exact) mass is 471 g/mol. The van der Waals surface area contributed by atoms with E-state index in [4.69, 9.17) is 23.3 Å². The van der Waals surface area contributed by atoms with Crippen molar-refractivity contribution < 1.29 is 32.6 Å². The lowest BCUT2D eigenvalue weighted by Crippen LogP contribution is -2.12. The van der Waals surface area contributed by atoms with Crippen LogP contribution < -0.4 is 19.1 Å². The van der Waals surface area contributed by atoms with Gasteiger partial charge in [0.1, 0.15) is 23.9 Å². The molecule has 174 valence electrons. The standard InChI is InChI=1S/C24H26NO7P/c1-5-14-30-24(26)17-10-12-19(13-11-17)32-33(27,25-2)31-16-18-15-22(28-3)20-8-6-7-9-21(20)23(18)29-4/h5-13,15H,1,14,16H2,2-4H3,(H,25,27). The molecule has 0 aliphatic carbocycles. The summed E-state index contributed by atoms with van der Waals surface area (Å²) in [6.07, 6.45) is 1.48. The molecule has 0 saturated heterocycles. The van der Waals surface area contributed by atoms with Gasteiger partial charge in [-0.2, -0.15) is 0 Å². The molecule has 0 amide bonds. The first-order chi connectivity index (χ1) is 15.9. The highest BCUT2D eigenvalue weighted by Crippen LogP contribution is 2.46. The van der Waals surface area contributed by atoms with E-state index in [1.54, 1.807) is 20.3 Å². The molecule has 9 heteroatoms. The van der Waals surface area contributed by atoms with Gasteiger partial charge >= 0.3 is 13.7 Å². The molecule has 0 saturated carbocycles. The first kappa shape index (κ1) is 24.3. The molecule has 0 bridgehead atoms. The number of carbonyl (C=O) groups is 1. The maximum atomic E-state index is 13.2. The number of hydrogen-bond donors (Lipinski definition) is 1. The van der Waals surface area contributed by atoms with Crippen LogP contribution in [0.4, 0.5) is 0 Å². The van der Waals surface area contributed by atoms with E-state index < -0.39 is 13.7 Å². The fourth-order valence-electron chi connectivity index (χ4n) is 3.19. The first-order valence-electron chi connectivity index (χ1n) is 10.1. The second-order valence-corrected chi connectivity index (χ2v) is 8.70. The molecule has 1 N–H and O–H groups in total. The number of ether oxygens (including phenoxy) is 3. The van der Waals surface area contributed by atoms with Crippen molar-refractivity contribution in [2.24, 2.45) is 0 Å². The second-order valence-electron chi connectivity index (χ2n) is 6.81. The molecule has 0 aliphatic rings. The quantitative estimate of drug-likeness (QED) is 0.234. The van der Waals surface area contributed by atoms with Crippen LogP contribution in [0.15, 0.2) is 67.3 Å². The van der Waals surface area contributed by atoms with Crippen LogP contribution in [-0.4, -0.2) is 33.8 Å². The number of methoxy groups -OCH3 is 2. The molecule has 0 aromatic heterocycles. The van der Waals surface area contributed by atoms with E-state index in [0.29, 0.717) is 22.6 Å². The summed E-state index contributed by atoms with van der Waals surface area (Å²) in [6.45, 7) is 3.55. The van der Waals surface area contributed by atoms with Crippen molar-refractivity contribution >= 4 is 24.5 Å². The van der Waals surface area contributed by atoms with Gasteiger partial charge in [0.2, 0.25) is 0 Å². The van der Waals surface area contributed by atoms with Crippen molar-refractivity contribution in [3.8, 4) is 17.2 Å². The minimum Gasteiger partial charge on any atom is -0.496 e. The molecule has 33 heavy (non-hydrogen) atoms. The number of esters is 1. The molecule has 0 radical (unpaired) electrons. The van der Waals surface area contributed by atoms with E-state index in [1.165, 1.54) is 37.4 Å². The summed E-state index contributed by atoms with van der Waals surface area (Å²) in [7, 11) is 0.882. The Morgan fingerprint density at radius 1 is 1.06 bits per heavy atom. The second kappa shape index (κ2) is 11.0. The third-order valence-corrected chi connectivity index (χ3v) is 6.24. The van der Waals surface area contributed by atoms with Crippen LogP contribution >= 0.6 is 7.75 Å². The highest BCUT2D eigenvalue weighted by atomic mass is 31.2. The number of nitrogens with one attached hydrogen (secondary N) is 1. The Bertz CT molecular complexity index is 1180. The Hall–Kier alpha value is -3.32. The molecule has 3 aromatic rings. The summed E-state index contributed by atoms with van der Waals surface area (Å²) >= 11 is 0. The Kier molecular flexibility index (Phi) is 8.11. The molecule has 1 unspecified atom stereocenters. The molecule has 0 heterocycles. The van der Waals surface area contributed by atoms with Crippen LogP contribution in [-0.2, 0) is 20.4 Å². The minimum absolute atomic E-state index is 0.0611. The van der Waals surface area contributed by atoms with Crippen molar-refractivity contribution in [1.29, 1.82) is 0 Å². The number of carbonyl (C=O) groups excluding carboxylic acids is 1. The van der Waals surface area contributed by atoms with Crippen LogP contribution in [0.25, 0.3) is 10.8 Å². The van der Waals surface area contributed by atoms with E-state index in [9.17, 15) is 9.36 Å². The van der Waals surface area contributed by atoms with E-state index in [1.807, 2.05) is 24.3 Å². The van der Waals surface area contributed by atoms with Crippen LogP contribution in [0.2, 0.25) is 0 Å². The SMILES string of the molecule is C=CCOC(=O)c1ccc(OP(=O)(NC)OCc2cc(OC)c3ccccc3c2OC)cc1. The normalized spacial score (nSPS) is 12.6. The van der Waals surface area contributed by atoms with E-state index >= 15 is 0 Å². The van der Waals surface area contributed by atoms with E-state index in [-0.39, 0.29) is 19.0 Å². The average Bonchev–Trinajstić information content (AvgIpc) is 2.85. The average molecular weight is 471 g/mol. The van der Waals surface area contributed by atoms with Gasteiger partial charge in [-0.25, -0.2) is 14.4 Å². The Balaban J connectivity index is 1.78. The van der Waals surface area contributed by atoms with Crippen LogP contribution in [0.5, 0.6) is 17.2 Å². The molecule has 1 atom stereocenters. The molecule has 3 aromatic carbocycles. The van der Waals surface area contributed by atoms with Gasteiger partial charge in [0.15, 0.2) is 0 Å². The van der Waals surface area contributed by atoms with Crippen LogP contribution in [0.1, 0.15) is 15.9 Å². The van der Waals surface area contributed by atoms with Crippen LogP contribution in [0.3, 0.4) is 0 Å². The van der Waals surface area contributed by atoms with Gasteiger partial charge in [-0.3, -0.25) is 4.52 Å². The fraction of sp³-hybridized carbons (Fsp3) is 0.208. The number of rotatable bonds is 11. The molecule has 0 aliphatic heterocycles. The third-order valence-electron chi connectivity index (χ3n) is 4.77.